The Balaban J connectivity index is 1.77. The number of hydrogen-bond donors (Lipinski definition) is 1. The van der Waals surface area contributed by atoms with Crippen molar-refractivity contribution in [3.05, 3.63) is 23.9 Å². The van der Waals surface area contributed by atoms with Crippen LogP contribution < -0.4 is 5.32 Å². The molecule has 2 fully saturated rings. The molecule has 0 bridgehead atoms. The van der Waals surface area contributed by atoms with Crippen LogP contribution in [-0.4, -0.2) is 63.6 Å². The Morgan fingerprint density at radius 1 is 1.25 bits per heavy atom. The number of ether oxygens (including phenoxy) is 1. The molecule has 3 atom stereocenters. The summed E-state index contributed by atoms with van der Waals surface area (Å²) >= 11 is 0. The fourth-order valence-electron chi connectivity index (χ4n) is 3.91. The highest BCUT2D eigenvalue weighted by Gasteiger charge is 2.45. The number of nitrogens with one attached hydrogen (secondary N) is 1. The van der Waals surface area contributed by atoms with Gasteiger partial charge in [-0.15, -0.1) is 0 Å². The van der Waals surface area contributed by atoms with Gasteiger partial charge in [0.25, 0.3) is 0 Å². The quantitative estimate of drug-likeness (QED) is 0.753. The van der Waals surface area contributed by atoms with E-state index in [1.165, 1.54) is 15.9 Å². The first-order chi connectivity index (χ1) is 14.9. The topological polar surface area (TPSA) is 98.6 Å². The summed E-state index contributed by atoms with van der Waals surface area (Å²) in [5, 5.41) is 12.3. The van der Waals surface area contributed by atoms with Crippen molar-refractivity contribution in [1.82, 2.24) is 14.8 Å². The summed E-state index contributed by atoms with van der Waals surface area (Å²) in [7, 11) is 0. The van der Waals surface area contributed by atoms with E-state index < -0.39 is 41.6 Å². The average molecular weight is 453 g/mol. The molecule has 1 aromatic rings. The van der Waals surface area contributed by atoms with Crippen LogP contribution in [0, 0.1) is 11.3 Å². The molecule has 11 heteroatoms. The van der Waals surface area contributed by atoms with Crippen LogP contribution in [0.2, 0.25) is 0 Å². The summed E-state index contributed by atoms with van der Waals surface area (Å²) in [5.41, 5.74) is -1.64. The molecule has 3 heterocycles. The largest absolute Gasteiger partial charge is 0.444 e. The van der Waals surface area contributed by atoms with Gasteiger partial charge in [-0.05, 0) is 52.2 Å². The molecular weight excluding hydrogens is 427 g/mol. The molecule has 0 spiro atoms. The van der Waals surface area contributed by atoms with E-state index >= 15 is 0 Å². The molecule has 32 heavy (non-hydrogen) atoms. The lowest BCUT2D eigenvalue weighted by Crippen LogP contribution is -2.50. The number of carbonyl (C=O) groups excluding carboxylic acids is 2. The second-order valence-electron chi connectivity index (χ2n) is 8.97. The SMILES string of the molecule is CC(C)(C)OC(=O)N1C[C@@H](Nc2ccc(C(F)(F)F)cn2)C[C@H]1C(=O)N1CCC[C@H]1C#N. The molecule has 2 aliphatic heterocycles. The first-order valence-corrected chi connectivity index (χ1v) is 10.4. The minimum atomic E-state index is -4.49. The molecule has 0 aromatic carbocycles. The Morgan fingerprint density at radius 3 is 2.53 bits per heavy atom. The van der Waals surface area contributed by atoms with E-state index in [4.69, 9.17) is 4.74 Å². The zero-order chi connectivity index (χ0) is 23.7. The van der Waals surface area contributed by atoms with Gasteiger partial charge in [0.1, 0.15) is 23.5 Å². The normalized spacial score (nSPS) is 23.7. The van der Waals surface area contributed by atoms with Gasteiger partial charge in [-0.3, -0.25) is 9.69 Å². The van der Waals surface area contributed by atoms with Gasteiger partial charge in [-0.1, -0.05) is 0 Å². The molecule has 2 amide bonds. The van der Waals surface area contributed by atoms with Gasteiger partial charge in [-0.2, -0.15) is 18.4 Å². The van der Waals surface area contributed by atoms with Crippen molar-refractivity contribution in [3.63, 3.8) is 0 Å². The van der Waals surface area contributed by atoms with Crippen LogP contribution in [-0.2, 0) is 15.7 Å². The highest BCUT2D eigenvalue weighted by atomic mass is 19.4. The molecule has 1 aromatic heterocycles. The predicted molar refractivity (Wildman–Crippen MR) is 108 cm³/mol. The molecule has 174 valence electrons. The summed E-state index contributed by atoms with van der Waals surface area (Å²) < 4.78 is 43.7. The fourth-order valence-corrected chi connectivity index (χ4v) is 3.91. The molecule has 8 nitrogen and oxygen atoms in total. The lowest BCUT2D eigenvalue weighted by Gasteiger charge is -2.30. The van der Waals surface area contributed by atoms with Gasteiger partial charge in [0.15, 0.2) is 0 Å². The minimum absolute atomic E-state index is 0.110. The fraction of sp³-hybridized carbons (Fsp3) is 0.619. The number of carbonyl (C=O) groups is 2. The van der Waals surface area contributed by atoms with Crippen molar-refractivity contribution in [1.29, 1.82) is 5.26 Å². The van der Waals surface area contributed by atoms with Gasteiger partial charge >= 0.3 is 12.3 Å². The maximum atomic E-state index is 13.2. The van der Waals surface area contributed by atoms with Crippen molar-refractivity contribution < 1.29 is 27.5 Å². The van der Waals surface area contributed by atoms with E-state index in [0.29, 0.717) is 19.4 Å². The van der Waals surface area contributed by atoms with Gasteiger partial charge in [0.05, 0.1) is 11.6 Å². The van der Waals surface area contributed by atoms with Crippen molar-refractivity contribution in [2.75, 3.05) is 18.4 Å². The molecule has 3 rings (SSSR count). The summed E-state index contributed by atoms with van der Waals surface area (Å²) in [4.78, 5) is 32.6. The van der Waals surface area contributed by atoms with E-state index in [1.807, 2.05) is 0 Å². The Kier molecular flexibility index (Phi) is 6.53. The van der Waals surface area contributed by atoms with Gasteiger partial charge in [0.2, 0.25) is 5.91 Å². The van der Waals surface area contributed by atoms with Crippen LogP contribution in [0.3, 0.4) is 0 Å². The number of alkyl halides is 3. The van der Waals surface area contributed by atoms with Crippen LogP contribution in [0.25, 0.3) is 0 Å². The smallest absolute Gasteiger partial charge is 0.417 e. The first kappa shape index (κ1) is 23.6. The Morgan fingerprint density at radius 2 is 1.97 bits per heavy atom. The van der Waals surface area contributed by atoms with E-state index in [1.54, 1.807) is 20.8 Å². The highest BCUT2D eigenvalue weighted by molar-refractivity contribution is 5.87. The van der Waals surface area contributed by atoms with Crippen molar-refractivity contribution in [2.45, 2.75) is 69.9 Å². The number of nitriles is 1. The Labute approximate surface area is 184 Å². The molecule has 2 saturated heterocycles. The second-order valence-corrected chi connectivity index (χ2v) is 8.97. The zero-order valence-electron chi connectivity index (χ0n) is 18.1. The van der Waals surface area contributed by atoms with Crippen molar-refractivity contribution >= 4 is 17.8 Å². The number of rotatable bonds is 3. The predicted octanol–water partition coefficient (Wildman–Crippen LogP) is 3.40. The number of likely N-dealkylation sites (tertiary alicyclic amines) is 2. The van der Waals surface area contributed by atoms with E-state index in [2.05, 4.69) is 16.4 Å². The first-order valence-electron chi connectivity index (χ1n) is 10.4. The third-order valence-electron chi connectivity index (χ3n) is 5.34. The van der Waals surface area contributed by atoms with Crippen LogP contribution in [0.1, 0.15) is 45.6 Å². The molecular formula is C21H26F3N5O3. The summed E-state index contributed by atoms with van der Waals surface area (Å²) in [6.45, 7) is 5.69. The van der Waals surface area contributed by atoms with Crippen molar-refractivity contribution in [3.8, 4) is 6.07 Å². The van der Waals surface area contributed by atoms with E-state index in [0.717, 1.165) is 12.3 Å². The Hall–Kier alpha value is -3.03. The average Bonchev–Trinajstić information content (AvgIpc) is 3.33. The van der Waals surface area contributed by atoms with Gasteiger partial charge < -0.3 is 15.0 Å². The number of amides is 2. The number of halogens is 3. The number of pyridine rings is 1. The second kappa shape index (κ2) is 8.84. The lowest BCUT2D eigenvalue weighted by molar-refractivity contribution is -0.138. The summed E-state index contributed by atoms with van der Waals surface area (Å²) in [5.74, 6) is -0.124. The third-order valence-corrected chi connectivity index (χ3v) is 5.34. The molecule has 0 unspecified atom stereocenters. The lowest BCUT2D eigenvalue weighted by atomic mass is 10.1. The van der Waals surface area contributed by atoms with Gasteiger partial charge in [0, 0.05) is 25.3 Å². The zero-order valence-corrected chi connectivity index (χ0v) is 18.1. The summed E-state index contributed by atoms with van der Waals surface area (Å²) in [6, 6.07) is 2.44. The van der Waals surface area contributed by atoms with Crippen LogP contribution in [0.15, 0.2) is 18.3 Å². The standard InChI is InChI=1S/C21H26F3N5O3/c1-20(2,3)32-19(31)29-12-14(27-17-7-6-13(11-26-17)21(22,23)24)9-16(29)18(30)28-8-4-5-15(28)10-25/h6-7,11,14-16H,4-5,8-9,12H2,1-3H3,(H,26,27)/t14-,15-,16-/m0/s1. The number of aromatic nitrogens is 1. The van der Waals surface area contributed by atoms with E-state index in [9.17, 15) is 28.0 Å². The monoisotopic (exact) mass is 453 g/mol. The van der Waals surface area contributed by atoms with Gasteiger partial charge in [-0.25, -0.2) is 9.78 Å². The molecule has 0 aliphatic carbocycles. The maximum Gasteiger partial charge on any atom is 0.417 e. The molecule has 0 saturated carbocycles. The van der Waals surface area contributed by atoms with E-state index in [-0.39, 0.29) is 24.7 Å². The van der Waals surface area contributed by atoms with Crippen LogP contribution in [0.4, 0.5) is 23.8 Å². The van der Waals surface area contributed by atoms with Crippen molar-refractivity contribution in [2.24, 2.45) is 0 Å². The Bertz CT molecular complexity index is 892. The number of hydrogen-bond acceptors (Lipinski definition) is 6. The molecule has 1 N–H and O–H groups in total. The van der Waals surface area contributed by atoms with Crippen LogP contribution in [0.5, 0.6) is 0 Å². The molecule has 0 radical (unpaired) electrons. The number of anilines is 1. The van der Waals surface area contributed by atoms with Crippen LogP contribution >= 0.6 is 0 Å². The maximum absolute atomic E-state index is 13.2. The summed E-state index contributed by atoms with van der Waals surface area (Å²) in [6.07, 6.45) is -2.91. The minimum Gasteiger partial charge on any atom is -0.444 e. The molecule has 2 aliphatic rings. The third kappa shape index (κ3) is 5.41. The highest BCUT2D eigenvalue weighted by Crippen LogP contribution is 2.30. The number of nitrogens with zero attached hydrogens (tertiary/aromatic N) is 4.